The van der Waals surface area contributed by atoms with Gasteiger partial charge in [0, 0.05) is 12.3 Å². The molecule has 2 aliphatic rings. The number of hydrogen-bond donors (Lipinski definition) is 1. The van der Waals surface area contributed by atoms with Crippen LogP contribution in [0.3, 0.4) is 0 Å². The van der Waals surface area contributed by atoms with Crippen molar-refractivity contribution in [2.45, 2.75) is 37.7 Å². The van der Waals surface area contributed by atoms with E-state index >= 15 is 0 Å². The number of piperidine rings is 1. The third-order valence-electron chi connectivity index (χ3n) is 4.37. The normalized spacial score (nSPS) is 26.3. The Morgan fingerprint density at radius 3 is 2.86 bits per heavy atom. The number of ether oxygens (including phenoxy) is 2. The van der Waals surface area contributed by atoms with Crippen molar-refractivity contribution in [2.24, 2.45) is 0 Å². The quantitative estimate of drug-likeness (QED) is 0.923. The van der Waals surface area contributed by atoms with Gasteiger partial charge in [-0.2, -0.15) is 11.8 Å². The number of nitrogens with one attached hydrogen (secondary N) is 1. The second-order valence-corrected chi connectivity index (χ2v) is 7.06. The maximum absolute atomic E-state index is 6.16. The Kier molecular flexibility index (Phi) is 5.31. The van der Waals surface area contributed by atoms with Gasteiger partial charge in [0.2, 0.25) is 0 Å². The molecule has 21 heavy (non-hydrogen) atoms. The fraction of sp³-hybridized carbons (Fsp3) is 0.647. The highest BCUT2D eigenvalue weighted by Crippen LogP contribution is 2.34. The maximum Gasteiger partial charge on any atom is 0.161 e. The molecule has 1 aromatic rings. The molecule has 0 spiro atoms. The molecule has 0 aromatic heterocycles. The van der Waals surface area contributed by atoms with E-state index in [9.17, 15) is 0 Å². The van der Waals surface area contributed by atoms with E-state index in [0.717, 1.165) is 36.8 Å². The average molecular weight is 307 g/mol. The lowest BCUT2D eigenvalue weighted by Crippen LogP contribution is -2.28. The Hall–Kier alpha value is -0.870. The van der Waals surface area contributed by atoms with E-state index < -0.39 is 0 Å². The van der Waals surface area contributed by atoms with Crippen molar-refractivity contribution >= 4 is 11.8 Å². The van der Waals surface area contributed by atoms with Crippen LogP contribution in [0, 0.1) is 0 Å². The summed E-state index contributed by atoms with van der Waals surface area (Å²) in [5, 5.41) is 3.48. The Labute approximate surface area is 131 Å². The van der Waals surface area contributed by atoms with Crippen LogP contribution in [-0.4, -0.2) is 37.8 Å². The van der Waals surface area contributed by atoms with Gasteiger partial charge in [-0.1, -0.05) is 6.07 Å². The Morgan fingerprint density at radius 2 is 2.14 bits per heavy atom. The van der Waals surface area contributed by atoms with Crippen molar-refractivity contribution in [1.82, 2.24) is 5.32 Å². The predicted octanol–water partition coefficient (Wildman–Crippen LogP) is 3.44. The van der Waals surface area contributed by atoms with Crippen LogP contribution in [-0.2, 0) is 0 Å². The third kappa shape index (κ3) is 3.86. The van der Waals surface area contributed by atoms with Gasteiger partial charge in [-0.3, -0.25) is 0 Å². The standard InChI is InChI=1S/C17H25NO2S/c1-19-17-10-13(14-4-2-8-18-11-14)6-7-16(17)20-15-5-3-9-21-12-15/h6-7,10,14-15,18H,2-5,8-9,11-12H2,1H3. The zero-order valence-electron chi connectivity index (χ0n) is 12.8. The van der Waals surface area contributed by atoms with E-state index in [0.29, 0.717) is 12.0 Å². The van der Waals surface area contributed by atoms with Crippen LogP contribution in [0.25, 0.3) is 0 Å². The molecule has 0 saturated carbocycles. The van der Waals surface area contributed by atoms with Gasteiger partial charge in [0.05, 0.1) is 7.11 Å². The molecule has 2 fully saturated rings. The minimum Gasteiger partial charge on any atom is -0.493 e. The van der Waals surface area contributed by atoms with Crippen LogP contribution in [0.2, 0.25) is 0 Å². The number of methoxy groups -OCH3 is 1. The molecular weight excluding hydrogens is 282 g/mol. The summed E-state index contributed by atoms with van der Waals surface area (Å²) in [6.45, 7) is 2.22. The first-order valence-corrected chi connectivity index (χ1v) is 9.15. The fourth-order valence-corrected chi connectivity index (χ4v) is 4.19. The second kappa shape index (κ2) is 7.41. The van der Waals surface area contributed by atoms with E-state index in [1.54, 1.807) is 7.11 Å². The van der Waals surface area contributed by atoms with Gasteiger partial charge in [0.25, 0.3) is 0 Å². The number of hydrogen-bond acceptors (Lipinski definition) is 4. The SMILES string of the molecule is COc1cc(C2CCCNC2)ccc1OC1CCCSC1. The zero-order chi connectivity index (χ0) is 14.5. The molecule has 1 aromatic carbocycles. The lowest BCUT2D eigenvalue weighted by Gasteiger charge is -2.26. The molecule has 3 nitrogen and oxygen atoms in total. The summed E-state index contributed by atoms with van der Waals surface area (Å²) in [5.41, 5.74) is 1.37. The number of thioether (sulfide) groups is 1. The van der Waals surface area contributed by atoms with Crippen molar-refractivity contribution in [3.8, 4) is 11.5 Å². The summed E-state index contributed by atoms with van der Waals surface area (Å²) in [6.07, 6.45) is 5.26. The van der Waals surface area contributed by atoms with Crippen molar-refractivity contribution in [1.29, 1.82) is 0 Å². The fourth-order valence-electron chi connectivity index (χ4n) is 3.16. The van der Waals surface area contributed by atoms with Crippen LogP contribution in [0.5, 0.6) is 11.5 Å². The molecule has 0 bridgehead atoms. The molecule has 2 heterocycles. The molecule has 0 aliphatic carbocycles. The molecule has 1 N–H and O–H groups in total. The summed E-state index contributed by atoms with van der Waals surface area (Å²) < 4.78 is 11.7. The van der Waals surface area contributed by atoms with Crippen molar-refractivity contribution in [3.63, 3.8) is 0 Å². The van der Waals surface area contributed by atoms with E-state index in [2.05, 4.69) is 23.5 Å². The third-order valence-corrected chi connectivity index (χ3v) is 5.55. The molecule has 0 radical (unpaired) electrons. The van der Waals surface area contributed by atoms with Crippen LogP contribution in [0.4, 0.5) is 0 Å². The molecular formula is C17H25NO2S. The molecule has 4 heteroatoms. The van der Waals surface area contributed by atoms with Crippen molar-refractivity contribution < 1.29 is 9.47 Å². The van der Waals surface area contributed by atoms with Crippen LogP contribution in [0.1, 0.15) is 37.2 Å². The van der Waals surface area contributed by atoms with E-state index in [-0.39, 0.29) is 0 Å². The first-order valence-electron chi connectivity index (χ1n) is 8.00. The minimum atomic E-state index is 0.333. The van der Waals surface area contributed by atoms with Gasteiger partial charge in [-0.25, -0.2) is 0 Å². The zero-order valence-corrected chi connectivity index (χ0v) is 13.6. The largest absolute Gasteiger partial charge is 0.493 e. The van der Waals surface area contributed by atoms with E-state index in [1.807, 2.05) is 11.8 Å². The highest BCUT2D eigenvalue weighted by molar-refractivity contribution is 7.99. The summed E-state index contributed by atoms with van der Waals surface area (Å²) in [5.74, 6) is 4.75. The summed E-state index contributed by atoms with van der Waals surface area (Å²) in [7, 11) is 1.74. The lowest BCUT2D eigenvalue weighted by molar-refractivity contribution is 0.202. The van der Waals surface area contributed by atoms with Gasteiger partial charge in [-0.15, -0.1) is 0 Å². The smallest absolute Gasteiger partial charge is 0.161 e. The molecule has 2 aliphatic heterocycles. The Bertz CT molecular complexity index is 454. The molecule has 0 amide bonds. The van der Waals surface area contributed by atoms with Gasteiger partial charge in [0.15, 0.2) is 11.5 Å². The van der Waals surface area contributed by atoms with Crippen LogP contribution in [0.15, 0.2) is 18.2 Å². The first-order chi connectivity index (χ1) is 10.4. The maximum atomic E-state index is 6.16. The van der Waals surface area contributed by atoms with Crippen LogP contribution < -0.4 is 14.8 Å². The summed E-state index contributed by atoms with van der Waals surface area (Å²) in [6, 6.07) is 6.48. The summed E-state index contributed by atoms with van der Waals surface area (Å²) >= 11 is 1.99. The Balaban J connectivity index is 1.71. The van der Waals surface area contributed by atoms with Gasteiger partial charge >= 0.3 is 0 Å². The average Bonchev–Trinajstić information content (AvgIpc) is 2.57. The predicted molar refractivity (Wildman–Crippen MR) is 88.8 cm³/mol. The summed E-state index contributed by atoms with van der Waals surface area (Å²) in [4.78, 5) is 0. The van der Waals surface area contributed by atoms with Gasteiger partial charge in [-0.05, 0) is 61.6 Å². The van der Waals surface area contributed by atoms with Crippen molar-refractivity contribution in [2.75, 3.05) is 31.7 Å². The molecule has 3 rings (SSSR count). The highest BCUT2D eigenvalue weighted by Gasteiger charge is 2.20. The first kappa shape index (κ1) is 15.0. The number of benzene rings is 1. The minimum absolute atomic E-state index is 0.333. The van der Waals surface area contributed by atoms with Crippen molar-refractivity contribution in [3.05, 3.63) is 23.8 Å². The van der Waals surface area contributed by atoms with E-state index in [4.69, 9.17) is 9.47 Å². The van der Waals surface area contributed by atoms with Gasteiger partial charge in [0.1, 0.15) is 6.10 Å². The van der Waals surface area contributed by atoms with E-state index in [1.165, 1.54) is 30.6 Å². The molecule has 2 atom stereocenters. The second-order valence-electron chi connectivity index (χ2n) is 5.91. The topological polar surface area (TPSA) is 30.5 Å². The Morgan fingerprint density at radius 1 is 1.19 bits per heavy atom. The monoisotopic (exact) mass is 307 g/mol. The lowest BCUT2D eigenvalue weighted by atomic mass is 9.91. The highest BCUT2D eigenvalue weighted by atomic mass is 32.2. The van der Waals surface area contributed by atoms with Crippen LogP contribution >= 0.6 is 11.8 Å². The number of rotatable bonds is 4. The molecule has 2 saturated heterocycles. The molecule has 2 unspecified atom stereocenters. The van der Waals surface area contributed by atoms with Gasteiger partial charge < -0.3 is 14.8 Å². The molecule has 116 valence electrons.